The Balaban J connectivity index is 1.89. The quantitative estimate of drug-likeness (QED) is 0.527. The van der Waals surface area contributed by atoms with E-state index in [2.05, 4.69) is 52.5 Å². The van der Waals surface area contributed by atoms with Crippen molar-refractivity contribution in [3.63, 3.8) is 0 Å². The summed E-state index contributed by atoms with van der Waals surface area (Å²) in [6.45, 7) is 0. The SMILES string of the molecule is CNC(c1cc2sccc2s1)c1cccc2ccsc12. The van der Waals surface area contributed by atoms with Crippen molar-refractivity contribution in [2.45, 2.75) is 6.04 Å². The van der Waals surface area contributed by atoms with Crippen molar-refractivity contribution in [3.05, 3.63) is 57.6 Å². The largest absolute Gasteiger partial charge is 0.309 e. The third-order valence-corrected chi connectivity index (χ3v) is 6.69. The first-order chi connectivity index (χ1) is 9.86. The predicted molar refractivity (Wildman–Crippen MR) is 92.4 cm³/mol. The summed E-state index contributed by atoms with van der Waals surface area (Å²) in [5.41, 5.74) is 1.38. The molecule has 0 radical (unpaired) electrons. The second-order valence-electron chi connectivity index (χ2n) is 4.71. The van der Waals surface area contributed by atoms with Gasteiger partial charge in [0.15, 0.2) is 0 Å². The van der Waals surface area contributed by atoms with Gasteiger partial charge in [-0.05, 0) is 47.0 Å². The highest BCUT2D eigenvalue weighted by molar-refractivity contribution is 7.27. The topological polar surface area (TPSA) is 12.0 Å². The number of fused-ring (bicyclic) bond motifs is 2. The smallest absolute Gasteiger partial charge is 0.0683 e. The maximum atomic E-state index is 3.49. The van der Waals surface area contributed by atoms with Crippen LogP contribution in [-0.4, -0.2) is 7.05 Å². The Kier molecular flexibility index (Phi) is 3.11. The zero-order chi connectivity index (χ0) is 13.5. The zero-order valence-corrected chi connectivity index (χ0v) is 13.4. The van der Waals surface area contributed by atoms with Gasteiger partial charge in [0, 0.05) is 19.0 Å². The first kappa shape index (κ1) is 12.5. The van der Waals surface area contributed by atoms with Crippen molar-refractivity contribution in [1.82, 2.24) is 5.32 Å². The maximum Gasteiger partial charge on any atom is 0.0683 e. The fourth-order valence-electron chi connectivity index (χ4n) is 2.62. The molecule has 0 aliphatic rings. The van der Waals surface area contributed by atoms with E-state index >= 15 is 0 Å². The molecule has 1 unspecified atom stereocenters. The highest BCUT2D eigenvalue weighted by Crippen LogP contribution is 2.38. The van der Waals surface area contributed by atoms with Crippen molar-refractivity contribution in [3.8, 4) is 0 Å². The van der Waals surface area contributed by atoms with E-state index in [1.807, 2.05) is 41.1 Å². The van der Waals surface area contributed by atoms with Gasteiger partial charge in [-0.2, -0.15) is 0 Å². The molecule has 0 saturated carbocycles. The number of nitrogens with one attached hydrogen (secondary N) is 1. The molecule has 0 spiro atoms. The van der Waals surface area contributed by atoms with E-state index in [1.165, 1.54) is 29.9 Å². The molecule has 1 atom stereocenters. The van der Waals surface area contributed by atoms with Crippen molar-refractivity contribution in [2.75, 3.05) is 7.05 Å². The molecule has 0 saturated heterocycles. The molecule has 4 aromatic rings. The molecule has 100 valence electrons. The number of rotatable bonds is 3. The molecule has 1 nitrogen and oxygen atoms in total. The Bertz CT molecular complexity index is 839. The molecule has 0 fully saturated rings. The molecular weight excluding hydrogens is 302 g/mol. The van der Waals surface area contributed by atoms with E-state index in [0.717, 1.165) is 0 Å². The number of hydrogen-bond donors (Lipinski definition) is 1. The highest BCUT2D eigenvalue weighted by Gasteiger charge is 2.18. The van der Waals surface area contributed by atoms with E-state index in [0.29, 0.717) is 0 Å². The van der Waals surface area contributed by atoms with Crippen LogP contribution in [0, 0.1) is 0 Å². The van der Waals surface area contributed by atoms with Crippen molar-refractivity contribution in [1.29, 1.82) is 0 Å². The number of hydrogen-bond acceptors (Lipinski definition) is 4. The molecule has 1 N–H and O–H groups in total. The Morgan fingerprint density at radius 3 is 2.75 bits per heavy atom. The van der Waals surface area contributed by atoms with Crippen LogP contribution in [0.15, 0.2) is 47.2 Å². The molecule has 3 heterocycles. The van der Waals surface area contributed by atoms with Gasteiger partial charge >= 0.3 is 0 Å². The van der Waals surface area contributed by atoms with Gasteiger partial charge in [0.05, 0.1) is 6.04 Å². The molecule has 0 bridgehead atoms. The second kappa shape index (κ2) is 4.97. The van der Waals surface area contributed by atoms with E-state index in [-0.39, 0.29) is 6.04 Å². The Labute approximate surface area is 129 Å². The summed E-state index contributed by atoms with van der Waals surface area (Å²) in [6, 6.07) is 13.6. The van der Waals surface area contributed by atoms with Crippen LogP contribution < -0.4 is 5.32 Å². The van der Waals surface area contributed by atoms with Crippen LogP contribution in [-0.2, 0) is 0 Å². The van der Waals surface area contributed by atoms with Gasteiger partial charge in [-0.3, -0.25) is 0 Å². The summed E-state index contributed by atoms with van der Waals surface area (Å²) in [5, 5.41) is 9.17. The average Bonchev–Trinajstić information content (AvgIpc) is 3.14. The first-order valence-corrected chi connectivity index (χ1v) is 9.05. The molecule has 20 heavy (non-hydrogen) atoms. The number of benzene rings is 1. The fraction of sp³-hybridized carbons (Fsp3) is 0.125. The Morgan fingerprint density at radius 1 is 1.00 bits per heavy atom. The average molecular weight is 315 g/mol. The lowest BCUT2D eigenvalue weighted by atomic mass is 10.0. The maximum absolute atomic E-state index is 3.49. The summed E-state index contributed by atoms with van der Waals surface area (Å²) in [5.74, 6) is 0. The third-order valence-electron chi connectivity index (χ3n) is 3.55. The lowest BCUT2D eigenvalue weighted by Crippen LogP contribution is -2.16. The molecule has 0 amide bonds. The van der Waals surface area contributed by atoms with Crippen LogP contribution in [0.4, 0.5) is 0 Å². The molecular formula is C16H13NS3. The molecule has 4 rings (SSSR count). The zero-order valence-electron chi connectivity index (χ0n) is 10.9. The molecule has 3 aromatic heterocycles. The van der Waals surface area contributed by atoms with Crippen molar-refractivity contribution in [2.24, 2.45) is 0 Å². The predicted octanol–water partition coefficient (Wildman–Crippen LogP) is 5.49. The number of thiophene rings is 3. The van der Waals surface area contributed by atoms with Crippen molar-refractivity contribution >= 4 is 53.5 Å². The van der Waals surface area contributed by atoms with E-state index in [1.54, 1.807) is 0 Å². The molecule has 0 aliphatic carbocycles. The minimum Gasteiger partial charge on any atom is -0.309 e. The van der Waals surface area contributed by atoms with Crippen LogP contribution in [0.5, 0.6) is 0 Å². The summed E-state index contributed by atoms with van der Waals surface area (Å²) in [6.07, 6.45) is 0. The summed E-state index contributed by atoms with van der Waals surface area (Å²) in [4.78, 5) is 1.40. The van der Waals surface area contributed by atoms with Gasteiger partial charge in [-0.1, -0.05) is 18.2 Å². The second-order valence-corrected chi connectivity index (χ2v) is 7.68. The lowest BCUT2D eigenvalue weighted by molar-refractivity contribution is 0.710. The minimum absolute atomic E-state index is 0.280. The monoisotopic (exact) mass is 315 g/mol. The van der Waals surface area contributed by atoms with Crippen LogP contribution in [0.3, 0.4) is 0 Å². The van der Waals surface area contributed by atoms with Gasteiger partial charge in [-0.15, -0.1) is 34.0 Å². The van der Waals surface area contributed by atoms with Crippen LogP contribution in [0.2, 0.25) is 0 Å². The van der Waals surface area contributed by atoms with E-state index in [4.69, 9.17) is 0 Å². The van der Waals surface area contributed by atoms with Gasteiger partial charge < -0.3 is 5.32 Å². The van der Waals surface area contributed by atoms with Crippen molar-refractivity contribution < 1.29 is 0 Å². The van der Waals surface area contributed by atoms with Gasteiger partial charge in [0.25, 0.3) is 0 Å². The highest BCUT2D eigenvalue weighted by atomic mass is 32.1. The first-order valence-electron chi connectivity index (χ1n) is 6.47. The Morgan fingerprint density at radius 2 is 1.90 bits per heavy atom. The molecule has 1 aromatic carbocycles. The summed E-state index contributed by atoms with van der Waals surface area (Å²) in [7, 11) is 2.05. The van der Waals surface area contributed by atoms with Gasteiger partial charge in [0.1, 0.15) is 0 Å². The lowest BCUT2D eigenvalue weighted by Gasteiger charge is -2.16. The molecule has 0 aliphatic heterocycles. The van der Waals surface area contributed by atoms with Crippen LogP contribution >= 0.6 is 34.0 Å². The van der Waals surface area contributed by atoms with Gasteiger partial charge in [-0.25, -0.2) is 0 Å². The normalized spacial score (nSPS) is 13.2. The van der Waals surface area contributed by atoms with Crippen LogP contribution in [0.25, 0.3) is 19.5 Å². The summed E-state index contributed by atoms with van der Waals surface area (Å²) >= 11 is 5.55. The molecule has 4 heteroatoms. The Hall–Kier alpha value is -1.20. The third kappa shape index (κ3) is 1.91. The fourth-order valence-corrected chi connectivity index (χ4v) is 5.82. The van der Waals surface area contributed by atoms with Crippen LogP contribution in [0.1, 0.15) is 16.5 Å². The van der Waals surface area contributed by atoms with Gasteiger partial charge in [0.2, 0.25) is 0 Å². The van der Waals surface area contributed by atoms with E-state index < -0.39 is 0 Å². The standard InChI is InChI=1S/C16H13NS3/c1-17-15(14-9-13-12(20-14)6-8-18-13)11-4-2-3-10-5-7-19-16(10)11/h2-9,15,17H,1H3. The van der Waals surface area contributed by atoms with E-state index in [9.17, 15) is 0 Å². The summed E-state index contributed by atoms with van der Waals surface area (Å²) < 4.78 is 4.18. The minimum atomic E-state index is 0.280.